The maximum Gasteiger partial charge on any atom is 0.149 e. The van der Waals surface area contributed by atoms with Gasteiger partial charge in [0.25, 0.3) is 0 Å². The van der Waals surface area contributed by atoms with Gasteiger partial charge in [-0.3, -0.25) is 9.38 Å². The smallest absolute Gasteiger partial charge is 0.149 e. The van der Waals surface area contributed by atoms with E-state index in [4.69, 9.17) is 9.72 Å². The number of pyridine rings is 3. The van der Waals surface area contributed by atoms with Crippen molar-refractivity contribution in [3.63, 3.8) is 0 Å². The summed E-state index contributed by atoms with van der Waals surface area (Å²) in [6.45, 7) is 3.14. The first-order valence-corrected chi connectivity index (χ1v) is 11.5. The number of benzene rings is 1. The van der Waals surface area contributed by atoms with Gasteiger partial charge in [0.05, 0.1) is 17.6 Å². The maximum atomic E-state index is 14.4. The molecule has 2 atom stereocenters. The number of rotatable bonds is 4. The molecule has 4 aromatic heterocycles. The predicted molar refractivity (Wildman–Crippen MR) is 131 cm³/mol. The third-order valence-electron chi connectivity index (χ3n) is 6.44. The highest BCUT2D eigenvalue weighted by Gasteiger charge is 2.27. The van der Waals surface area contributed by atoms with Gasteiger partial charge in [-0.2, -0.15) is 0 Å². The first kappa shape index (κ1) is 20.7. The number of aromatic nitrogens is 4. The summed E-state index contributed by atoms with van der Waals surface area (Å²) in [7, 11) is 0. The molecule has 1 aliphatic rings. The second kappa shape index (κ2) is 8.50. The molecule has 1 N–H and O–H groups in total. The van der Waals surface area contributed by atoms with Crippen LogP contribution < -0.4 is 10.1 Å². The summed E-state index contributed by atoms with van der Waals surface area (Å²) in [5, 5.41) is 4.02. The monoisotopic (exact) mass is 453 g/mol. The fourth-order valence-electron chi connectivity index (χ4n) is 4.55. The Bertz CT molecular complexity index is 1500. The van der Waals surface area contributed by atoms with Crippen LogP contribution in [0.25, 0.3) is 39.1 Å². The van der Waals surface area contributed by atoms with Crippen LogP contribution >= 0.6 is 0 Å². The minimum atomic E-state index is -1.04. The third-order valence-corrected chi connectivity index (χ3v) is 6.44. The first-order chi connectivity index (χ1) is 16.7. The van der Waals surface area contributed by atoms with E-state index in [1.807, 2.05) is 59.4 Å². The molecule has 34 heavy (non-hydrogen) atoms. The van der Waals surface area contributed by atoms with Crippen LogP contribution in [0.4, 0.5) is 4.39 Å². The van der Waals surface area contributed by atoms with Crippen molar-refractivity contribution in [2.75, 3.05) is 13.1 Å². The first-order valence-electron chi connectivity index (χ1n) is 11.5. The minimum absolute atomic E-state index is 0.316. The SMILES string of the molecule is Cc1ccncc1-c1ccn2c(-c3ccc4cccc(O[C@H]5CCNCC5F)c4n3)cnc2c1. The Labute approximate surface area is 196 Å². The van der Waals surface area contributed by atoms with Crippen LogP contribution in [0.5, 0.6) is 5.75 Å². The van der Waals surface area contributed by atoms with Crippen LogP contribution in [0.3, 0.4) is 0 Å². The molecule has 170 valence electrons. The minimum Gasteiger partial charge on any atom is -0.485 e. The largest absolute Gasteiger partial charge is 0.485 e. The number of imidazole rings is 1. The van der Waals surface area contributed by atoms with E-state index < -0.39 is 12.3 Å². The lowest BCUT2D eigenvalue weighted by atomic mass is 10.0. The van der Waals surface area contributed by atoms with Crippen molar-refractivity contribution in [3.05, 3.63) is 78.9 Å². The summed E-state index contributed by atoms with van der Waals surface area (Å²) < 4.78 is 22.5. The molecule has 0 aliphatic carbocycles. The summed E-state index contributed by atoms with van der Waals surface area (Å²) in [6, 6.07) is 15.9. The topological polar surface area (TPSA) is 64.3 Å². The molecule has 5 heterocycles. The summed E-state index contributed by atoms with van der Waals surface area (Å²) in [5.41, 5.74) is 6.54. The van der Waals surface area contributed by atoms with Gasteiger partial charge >= 0.3 is 0 Å². The molecule has 0 saturated carbocycles. The average Bonchev–Trinajstić information content (AvgIpc) is 3.29. The second-order valence-electron chi connectivity index (χ2n) is 8.67. The van der Waals surface area contributed by atoms with Gasteiger partial charge in [0.15, 0.2) is 0 Å². The van der Waals surface area contributed by atoms with Crippen molar-refractivity contribution >= 4 is 16.6 Å². The number of para-hydroxylation sites is 1. The van der Waals surface area contributed by atoms with E-state index in [1.54, 1.807) is 6.20 Å². The van der Waals surface area contributed by atoms with Gasteiger partial charge in [0.2, 0.25) is 0 Å². The highest BCUT2D eigenvalue weighted by molar-refractivity contribution is 5.86. The zero-order chi connectivity index (χ0) is 23.1. The highest BCUT2D eigenvalue weighted by Crippen LogP contribution is 2.31. The highest BCUT2D eigenvalue weighted by atomic mass is 19.1. The summed E-state index contributed by atoms with van der Waals surface area (Å²) in [4.78, 5) is 13.8. The number of fused-ring (bicyclic) bond motifs is 2. The normalized spacial score (nSPS) is 18.4. The molecule has 1 aromatic carbocycles. The summed E-state index contributed by atoms with van der Waals surface area (Å²) in [6.07, 6.45) is 6.64. The maximum absolute atomic E-state index is 14.4. The van der Waals surface area contributed by atoms with Gasteiger partial charge in [-0.05, 0) is 61.3 Å². The lowest BCUT2D eigenvalue weighted by molar-refractivity contribution is 0.0743. The van der Waals surface area contributed by atoms with Crippen LogP contribution in [-0.2, 0) is 0 Å². The van der Waals surface area contributed by atoms with Crippen molar-refractivity contribution in [3.8, 4) is 28.3 Å². The van der Waals surface area contributed by atoms with Crippen LogP contribution in [0.15, 0.2) is 73.3 Å². The Morgan fingerprint density at radius 2 is 2.06 bits per heavy atom. The average molecular weight is 454 g/mol. The molecular formula is C27H24FN5O. The fourth-order valence-corrected chi connectivity index (χ4v) is 4.55. The van der Waals surface area contributed by atoms with Crippen LogP contribution in [0.1, 0.15) is 12.0 Å². The molecule has 6 rings (SSSR count). The molecule has 1 unspecified atom stereocenters. The van der Waals surface area contributed by atoms with E-state index in [1.165, 1.54) is 5.56 Å². The van der Waals surface area contributed by atoms with Gasteiger partial charge in [0.1, 0.15) is 29.2 Å². The number of hydrogen-bond acceptors (Lipinski definition) is 5. The van der Waals surface area contributed by atoms with Gasteiger partial charge in [-0.1, -0.05) is 18.2 Å². The Kier molecular flexibility index (Phi) is 5.19. The molecule has 5 aromatic rings. The molecule has 1 saturated heterocycles. The number of halogens is 1. The molecule has 0 amide bonds. The molecular weight excluding hydrogens is 429 g/mol. The van der Waals surface area contributed by atoms with Crippen LogP contribution in [0.2, 0.25) is 0 Å². The van der Waals surface area contributed by atoms with E-state index >= 15 is 0 Å². The third kappa shape index (κ3) is 3.68. The lowest BCUT2D eigenvalue weighted by Crippen LogP contribution is -2.44. The number of alkyl halides is 1. The van der Waals surface area contributed by atoms with E-state index in [0.717, 1.165) is 45.6 Å². The number of aryl methyl sites for hydroxylation is 1. The summed E-state index contributed by atoms with van der Waals surface area (Å²) in [5.74, 6) is 0.608. The van der Waals surface area contributed by atoms with Gasteiger partial charge in [-0.15, -0.1) is 0 Å². The number of ether oxygens (including phenoxy) is 1. The standard InChI is InChI=1S/C27H24FN5O/c1-17-7-10-29-14-20(17)19-9-12-33-23(16-31-26(33)13-19)22-6-5-18-3-2-4-25(27(18)32-22)34-24-8-11-30-15-21(24)28/h2-7,9-10,12-14,16,21,24,30H,8,11,15H2,1H3/t21?,24-/m0/s1. The van der Waals surface area contributed by atoms with Crippen molar-refractivity contribution in [2.24, 2.45) is 0 Å². The van der Waals surface area contributed by atoms with E-state index in [9.17, 15) is 4.39 Å². The quantitative estimate of drug-likeness (QED) is 0.415. The molecule has 1 aliphatic heterocycles. The van der Waals surface area contributed by atoms with Crippen molar-refractivity contribution in [2.45, 2.75) is 25.6 Å². The molecule has 7 heteroatoms. The van der Waals surface area contributed by atoms with E-state index in [-0.39, 0.29) is 0 Å². The fraction of sp³-hybridized carbons (Fsp3) is 0.222. The zero-order valence-corrected chi connectivity index (χ0v) is 18.8. The molecule has 0 radical (unpaired) electrons. The summed E-state index contributed by atoms with van der Waals surface area (Å²) >= 11 is 0. The molecule has 1 fully saturated rings. The Hall–Kier alpha value is -3.84. The van der Waals surface area contributed by atoms with Crippen LogP contribution in [-0.4, -0.2) is 44.7 Å². The molecule has 0 spiro atoms. The van der Waals surface area contributed by atoms with Crippen molar-refractivity contribution in [1.29, 1.82) is 0 Å². The Morgan fingerprint density at radius 3 is 2.94 bits per heavy atom. The van der Waals surface area contributed by atoms with Gasteiger partial charge in [-0.25, -0.2) is 14.4 Å². The number of piperidine rings is 1. The van der Waals surface area contributed by atoms with Gasteiger partial charge < -0.3 is 10.1 Å². The van der Waals surface area contributed by atoms with Crippen LogP contribution in [0, 0.1) is 6.92 Å². The Morgan fingerprint density at radius 1 is 1.12 bits per heavy atom. The van der Waals surface area contributed by atoms with Crippen molar-refractivity contribution in [1.82, 2.24) is 24.7 Å². The lowest BCUT2D eigenvalue weighted by Gasteiger charge is -2.27. The second-order valence-corrected chi connectivity index (χ2v) is 8.67. The number of hydrogen-bond donors (Lipinski definition) is 1. The number of nitrogens with zero attached hydrogens (tertiary/aromatic N) is 4. The zero-order valence-electron chi connectivity index (χ0n) is 18.8. The van der Waals surface area contributed by atoms with E-state index in [0.29, 0.717) is 18.7 Å². The van der Waals surface area contributed by atoms with Crippen molar-refractivity contribution < 1.29 is 9.13 Å². The molecule has 6 nitrogen and oxygen atoms in total. The predicted octanol–water partition coefficient (Wildman–Crippen LogP) is 5.00. The Balaban J connectivity index is 1.39. The van der Waals surface area contributed by atoms with E-state index in [2.05, 4.69) is 34.3 Å². The number of nitrogens with one attached hydrogen (secondary N) is 1. The molecule has 0 bridgehead atoms. The van der Waals surface area contributed by atoms with Gasteiger partial charge in [0, 0.05) is 36.1 Å².